The summed E-state index contributed by atoms with van der Waals surface area (Å²) in [7, 11) is 0. The Morgan fingerprint density at radius 3 is 2.15 bits per heavy atom. The van der Waals surface area contributed by atoms with Crippen molar-refractivity contribution in [3.63, 3.8) is 0 Å². The van der Waals surface area contributed by atoms with Crippen LogP contribution in [0, 0.1) is 0 Å². The minimum absolute atomic E-state index is 0.0737. The summed E-state index contributed by atoms with van der Waals surface area (Å²) in [5.74, 6) is -0.429. The van der Waals surface area contributed by atoms with Gasteiger partial charge in [-0.15, -0.1) is 0 Å². The highest BCUT2D eigenvalue weighted by Gasteiger charge is 2.14. The van der Waals surface area contributed by atoms with Gasteiger partial charge >= 0.3 is 5.97 Å². The quantitative estimate of drug-likeness (QED) is 0.423. The van der Waals surface area contributed by atoms with E-state index in [9.17, 15) is 9.59 Å². The minimum atomic E-state index is -0.739. The van der Waals surface area contributed by atoms with Crippen LogP contribution in [0.1, 0.15) is 20.8 Å². The summed E-state index contributed by atoms with van der Waals surface area (Å²) >= 11 is 5.14. The van der Waals surface area contributed by atoms with Crippen molar-refractivity contribution >= 4 is 22.8 Å². The zero-order chi connectivity index (χ0) is 10.6. The van der Waals surface area contributed by atoms with Gasteiger partial charge < -0.3 is 10.5 Å². The first-order chi connectivity index (χ1) is 5.86. The zero-order valence-corrected chi connectivity index (χ0v) is 8.51. The highest BCUT2D eigenvalue weighted by atomic mass is 35.5. The number of hydrogen-bond donors (Lipinski definition) is 1. The van der Waals surface area contributed by atoms with Crippen molar-refractivity contribution in [3.8, 4) is 0 Å². The van der Waals surface area contributed by atoms with Crippen LogP contribution in [-0.2, 0) is 14.3 Å². The second-order valence-electron chi connectivity index (χ2n) is 2.62. The molecular weight excluding hydrogens is 194 g/mol. The van der Waals surface area contributed by atoms with Crippen molar-refractivity contribution in [2.45, 2.75) is 26.9 Å². The molecule has 0 radical (unpaired) electrons. The Labute approximate surface area is 81.7 Å². The fourth-order valence-corrected chi connectivity index (χ4v) is 0.860. The molecule has 1 atom stereocenters. The fourth-order valence-electron chi connectivity index (χ4n) is 0.711. The topological polar surface area (TPSA) is 69.4 Å². The Morgan fingerprint density at radius 2 is 1.85 bits per heavy atom. The molecule has 0 bridgehead atoms. The van der Waals surface area contributed by atoms with Gasteiger partial charge in [0, 0.05) is 6.92 Å². The summed E-state index contributed by atoms with van der Waals surface area (Å²) in [4.78, 5) is 21.2. The van der Waals surface area contributed by atoms with Crippen LogP contribution >= 0.6 is 11.6 Å². The Bertz CT molecular complexity index is 260. The lowest BCUT2D eigenvalue weighted by atomic mass is 10.1. The molecule has 0 aliphatic rings. The van der Waals surface area contributed by atoms with Crippen LogP contribution in [0.25, 0.3) is 0 Å². The van der Waals surface area contributed by atoms with E-state index in [0.29, 0.717) is 5.57 Å². The van der Waals surface area contributed by atoms with Gasteiger partial charge in [-0.05, 0) is 31.0 Å². The number of hydrogen-bond acceptors (Lipinski definition) is 4. The van der Waals surface area contributed by atoms with Crippen molar-refractivity contribution < 1.29 is 14.3 Å². The molecule has 74 valence electrons. The molecular formula is C8H12ClNO3. The number of carbonyl (C=O) groups is 2. The molecule has 0 heterocycles. The lowest BCUT2D eigenvalue weighted by molar-refractivity contribution is -0.143. The molecule has 0 aliphatic carbocycles. The third-order valence-electron chi connectivity index (χ3n) is 1.59. The van der Waals surface area contributed by atoms with Crippen LogP contribution < -0.4 is 5.73 Å². The van der Waals surface area contributed by atoms with Crippen LogP contribution in [0.15, 0.2) is 11.3 Å². The molecule has 0 amide bonds. The summed E-state index contributed by atoms with van der Waals surface area (Å²) < 4.78 is 4.80. The van der Waals surface area contributed by atoms with Crippen molar-refractivity contribution in [1.29, 1.82) is 0 Å². The highest BCUT2D eigenvalue weighted by Crippen LogP contribution is 2.10. The predicted octanol–water partition coefficient (Wildman–Crippen LogP) is 0.936. The molecule has 0 aromatic heterocycles. The van der Waals surface area contributed by atoms with Gasteiger partial charge in [0.2, 0.25) is 0 Å². The zero-order valence-electron chi connectivity index (χ0n) is 7.76. The summed E-state index contributed by atoms with van der Waals surface area (Å²) in [6.07, 6.45) is -0.528. The lowest BCUT2D eigenvalue weighted by Crippen LogP contribution is -2.19. The molecule has 0 saturated heterocycles. The second kappa shape index (κ2) is 4.87. The molecule has 0 spiro atoms. The third-order valence-corrected chi connectivity index (χ3v) is 1.79. The van der Waals surface area contributed by atoms with E-state index in [1.807, 2.05) is 0 Å². The van der Waals surface area contributed by atoms with Crippen LogP contribution in [0.2, 0.25) is 0 Å². The first-order valence-electron chi connectivity index (χ1n) is 3.69. The lowest BCUT2D eigenvalue weighted by Gasteiger charge is -2.13. The molecule has 1 unspecified atom stereocenters. The normalized spacial score (nSPS) is 14.5. The Morgan fingerprint density at radius 1 is 1.38 bits per heavy atom. The van der Waals surface area contributed by atoms with Gasteiger partial charge in [0.05, 0.1) is 5.70 Å². The van der Waals surface area contributed by atoms with Crippen molar-refractivity contribution in [3.05, 3.63) is 11.3 Å². The van der Waals surface area contributed by atoms with E-state index in [1.54, 1.807) is 13.8 Å². The van der Waals surface area contributed by atoms with E-state index in [4.69, 9.17) is 22.1 Å². The average Bonchev–Trinajstić information content (AvgIpc) is 2.00. The fraction of sp³-hybridized carbons (Fsp3) is 0.500. The molecule has 0 fully saturated rings. The van der Waals surface area contributed by atoms with Gasteiger partial charge in [0.25, 0.3) is 5.24 Å². The monoisotopic (exact) mass is 205 g/mol. The third kappa shape index (κ3) is 3.94. The Kier molecular flexibility index (Phi) is 4.48. The number of esters is 1. The number of rotatable bonds is 3. The minimum Gasteiger partial charge on any atom is -0.458 e. The number of halogens is 1. The molecule has 0 aromatic rings. The maximum Gasteiger partial charge on any atom is 0.303 e. The number of nitrogens with two attached hydrogens (primary N) is 1. The predicted molar refractivity (Wildman–Crippen MR) is 49.0 cm³/mol. The van der Waals surface area contributed by atoms with E-state index in [1.165, 1.54) is 6.92 Å². The summed E-state index contributed by atoms with van der Waals surface area (Å²) in [5.41, 5.74) is 5.72. The molecule has 0 saturated carbocycles. The number of allylic oxidation sites excluding steroid dienone is 1. The number of carbonyl (C=O) groups excluding carboxylic acids is 2. The van der Waals surface area contributed by atoms with Gasteiger partial charge in [0.15, 0.2) is 0 Å². The summed E-state index contributed by atoms with van der Waals surface area (Å²) in [6, 6.07) is 0. The van der Waals surface area contributed by atoms with Crippen molar-refractivity contribution in [2.75, 3.05) is 0 Å². The van der Waals surface area contributed by atoms with E-state index < -0.39 is 17.3 Å². The molecule has 13 heavy (non-hydrogen) atoms. The molecule has 0 aliphatic heterocycles. The standard InChI is InChI=1S/C8H12ClNO3/c1-4(7(10)8(9)12)5(2)13-6(3)11/h5H,10H2,1-3H3/b7-4-. The van der Waals surface area contributed by atoms with E-state index in [0.717, 1.165) is 0 Å². The Balaban J connectivity index is 4.57. The van der Waals surface area contributed by atoms with Gasteiger partial charge in [-0.25, -0.2) is 0 Å². The highest BCUT2D eigenvalue weighted by molar-refractivity contribution is 6.67. The summed E-state index contributed by atoms with van der Waals surface area (Å²) in [6.45, 7) is 4.48. The number of ether oxygens (including phenoxy) is 1. The van der Waals surface area contributed by atoms with Gasteiger partial charge in [-0.2, -0.15) is 0 Å². The van der Waals surface area contributed by atoms with Crippen LogP contribution in [0.5, 0.6) is 0 Å². The van der Waals surface area contributed by atoms with Crippen molar-refractivity contribution in [1.82, 2.24) is 0 Å². The molecule has 2 N–H and O–H groups in total. The van der Waals surface area contributed by atoms with Gasteiger partial charge in [-0.1, -0.05) is 0 Å². The molecule has 0 aromatic carbocycles. The largest absolute Gasteiger partial charge is 0.458 e. The van der Waals surface area contributed by atoms with E-state index >= 15 is 0 Å². The second-order valence-corrected chi connectivity index (χ2v) is 2.97. The molecule has 0 rings (SSSR count). The van der Waals surface area contributed by atoms with Crippen LogP contribution in [0.3, 0.4) is 0 Å². The van der Waals surface area contributed by atoms with Crippen LogP contribution in [0.4, 0.5) is 0 Å². The first kappa shape index (κ1) is 12.0. The maximum absolute atomic E-state index is 10.6. The Hall–Kier alpha value is -1.03. The van der Waals surface area contributed by atoms with Gasteiger partial charge in [0.1, 0.15) is 6.10 Å². The van der Waals surface area contributed by atoms with Crippen molar-refractivity contribution in [2.24, 2.45) is 5.73 Å². The maximum atomic E-state index is 10.6. The first-order valence-corrected chi connectivity index (χ1v) is 4.07. The van der Waals surface area contributed by atoms with Crippen LogP contribution in [-0.4, -0.2) is 17.3 Å². The summed E-state index contributed by atoms with van der Waals surface area (Å²) in [5, 5.41) is -0.739. The SMILES string of the molecule is CC(=O)OC(C)/C(C)=C(\N)C(=O)Cl. The smallest absolute Gasteiger partial charge is 0.303 e. The molecule has 4 nitrogen and oxygen atoms in total. The van der Waals surface area contributed by atoms with Gasteiger partial charge in [-0.3, -0.25) is 9.59 Å². The average molecular weight is 206 g/mol. The van der Waals surface area contributed by atoms with E-state index in [2.05, 4.69) is 0 Å². The molecule has 5 heteroatoms. The van der Waals surface area contributed by atoms with E-state index in [-0.39, 0.29) is 5.70 Å².